The fourth-order valence-electron chi connectivity index (χ4n) is 2.05. The summed E-state index contributed by atoms with van der Waals surface area (Å²) in [4.78, 5) is 12.3. The van der Waals surface area contributed by atoms with Crippen LogP contribution in [0.15, 0.2) is 18.2 Å². The molecule has 0 fully saturated rings. The Hall–Kier alpha value is -1.51. The van der Waals surface area contributed by atoms with Gasteiger partial charge in [0.2, 0.25) is 0 Å². The first-order valence-corrected chi connectivity index (χ1v) is 5.23. The van der Waals surface area contributed by atoms with Gasteiger partial charge in [0.05, 0.1) is 0 Å². The first-order valence-electron chi connectivity index (χ1n) is 5.23. The monoisotopic (exact) mass is 205 g/mol. The molecular formula is C12H15NO2. The average Bonchev–Trinajstić information content (AvgIpc) is 2.39. The van der Waals surface area contributed by atoms with E-state index in [9.17, 15) is 4.79 Å². The van der Waals surface area contributed by atoms with E-state index in [4.69, 9.17) is 5.11 Å². The molecule has 0 saturated carbocycles. The molecule has 0 saturated heterocycles. The van der Waals surface area contributed by atoms with Crippen molar-refractivity contribution in [2.24, 2.45) is 0 Å². The number of rotatable bonds is 0. The summed E-state index contributed by atoms with van der Waals surface area (Å²) in [5.41, 5.74) is 3.85. The predicted octanol–water partition coefficient (Wildman–Crippen LogP) is 2.07. The molecule has 1 aliphatic heterocycles. The second-order valence-corrected chi connectivity index (χ2v) is 4.04. The number of amides is 1. The summed E-state index contributed by atoms with van der Waals surface area (Å²) in [7, 11) is 0. The third-order valence-electron chi connectivity index (χ3n) is 2.93. The number of aryl methyl sites for hydroxylation is 1. The Bertz CT molecular complexity index is 387. The van der Waals surface area contributed by atoms with E-state index in [1.165, 1.54) is 21.6 Å². The Morgan fingerprint density at radius 2 is 1.93 bits per heavy atom. The Kier molecular flexibility index (Phi) is 2.62. The van der Waals surface area contributed by atoms with Crippen LogP contribution >= 0.6 is 0 Å². The molecule has 1 heterocycles. The zero-order valence-electron chi connectivity index (χ0n) is 8.86. The highest BCUT2D eigenvalue weighted by Crippen LogP contribution is 2.17. The van der Waals surface area contributed by atoms with Crippen molar-refractivity contribution in [2.75, 3.05) is 13.1 Å². The molecule has 0 bridgehead atoms. The molecule has 0 spiro atoms. The molecule has 0 aliphatic carbocycles. The van der Waals surface area contributed by atoms with Gasteiger partial charge in [0, 0.05) is 13.1 Å². The van der Waals surface area contributed by atoms with Gasteiger partial charge in [0.15, 0.2) is 0 Å². The van der Waals surface area contributed by atoms with E-state index < -0.39 is 6.09 Å². The van der Waals surface area contributed by atoms with Crippen LogP contribution in [0.2, 0.25) is 0 Å². The molecule has 3 nitrogen and oxygen atoms in total. The molecule has 3 heteroatoms. The van der Waals surface area contributed by atoms with Crippen LogP contribution in [-0.2, 0) is 12.8 Å². The van der Waals surface area contributed by atoms with Crippen LogP contribution < -0.4 is 0 Å². The molecule has 0 atom stereocenters. The number of carbonyl (C=O) groups is 1. The molecule has 0 unspecified atom stereocenters. The minimum Gasteiger partial charge on any atom is -0.465 e. The Morgan fingerprint density at radius 1 is 1.27 bits per heavy atom. The van der Waals surface area contributed by atoms with Crippen molar-refractivity contribution in [1.29, 1.82) is 0 Å². The summed E-state index contributed by atoms with van der Waals surface area (Å²) < 4.78 is 0. The maximum Gasteiger partial charge on any atom is 0.407 e. The Balaban J connectivity index is 2.21. The second kappa shape index (κ2) is 3.93. The molecule has 1 aromatic rings. The normalized spacial score (nSPS) is 15.7. The minimum absolute atomic E-state index is 0.616. The van der Waals surface area contributed by atoms with E-state index in [0.717, 1.165) is 12.8 Å². The van der Waals surface area contributed by atoms with Crippen LogP contribution in [0.25, 0.3) is 0 Å². The summed E-state index contributed by atoms with van der Waals surface area (Å²) in [6.45, 7) is 3.30. The number of hydrogen-bond acceptors (Lipinski definition) is 1. The van der Waals surface area contributed by atoms with E-state index in [1.54, 1.807) is 0 Å². The van der Waals surface area contributed by atoms with Crippen molar-refractivity contribution in [2.45, 2.75) is 19.8 Å². The van der Waals surface area contributed by atoms with Gasteiger partial charge in [-0.2, -0.15) is 0 Å². The van der Waals surface area contributed by atoms with Crippen molar-refractivity contribution in [3.63, 3.8) is 0 Å². The first-order chi connectivity index (χ1) is 7.16. The highest BCUT2D eigenvalue weighted by molar-refractivity contribution is 5.65. The van der Waals surface area contributed by atoms with Gasteiger partial charge >= 0.3 is 6.09 Å². The number of carboxylic acid groups (broad SMARTS) is 1. The molecule has 1 amide bonds. The van der Waals surface area contributed by atoms with Gasteiger partial charge < -0.3 is 10.0 Å². The summed E-state index contributed by atoms with van der Waals surface area (Å²) >= 11 is 0. The maximum atomic E-state index is 10.9. The van der Waals surface area contributed by atoms with Crippen LogP contribution in [-0.4, -0.2) is 29.2 Å². The summed E-state index contributed by atoms with van der Waals surface area (Å²) in [6.07, 6.45) is 0.866. The largest absolute Gasteiger partial charge is 0.465 e. The number of benzene rings is 1. The third kappa shape index (κ3) is 2.12. The Morgan fingerprint density at radius 3 is 2.60 bits per heavy atom. The Labute approximate surface area is 89.3 Å². The van der Waals surface area contributed by atoms with Crippen LogP contribution in [0.3, 0.4) is 0 Å². The fourth-order valence-corrected chi connectivity index (χ4v) is 2.05. The van der Waals surface area contributed by atoms with Crippen molar-refractivity contribution >= 4 is 6.09 Å². The van der Waals surface area contributed by atoms with Gasteiger partial charge in [0.25, 0.3) is 0 Å². The third-order valence-corrected chi connectivity index (χ3v) is 2.93. The predicted molar refractivity (Wildman–Crippen MR) is 58.2 cm³/mol. The van der Waals surface area contributed by atoms with E-state index in [1.807, 2.05) is 0 Å². The number of nitrogens with zero attached hydrogens (tertiary/aromatic N) is 1. The molecule has 1 aromatic carbocycles. The van der Waals surface area contributed by atoms with Gasteiger partial charge in [-0.3, -0.25) is 0 Å². The minimum atomic E-state index is -0.806. The summed E-state index contributed by atoms with van der Waals surface area (Å²) in [6, 6.07) is 6.38. The van der Waals surface area contributed by atoms with Gasteiger partial charge in [-0.15, -0.1) is 0 Å². The number of hydrogen-bond donors (Lipinski definition) is 1. The lowest BCUT2D eigenvalue weighted by Crippen LogP contribution is -2.31. The lowest BCUT2D eigenvalue weighted by molar-refractivity contribution is 0.147. The SMILES string of the molecule is Cc1ccc2c(c1)CCN(C(=O)O)CC2. The summed E-state index contributed by atoms with van der Waals surface area (Å²) in [5, 5.41) is 8.92. The van der Waals surface area contributed by atoms with Crippen molar-refractivity contribution in [3.05, 3.63) is 34.9 Å². The zero-order valence-corrected chi connectivity index (χ0v) is 8.86. The van der Waals surface area contributed by atoms with Crippen LogP contribution in [0, 0.1) is 6.92 Å². The summed E-state index contributed by atoms with van der Waals surface area (Å²) in [5.74, 6) is 0. The quantitative estimate of drug-likeness (QED) is 0.704. The average molecular weight is 205 g/mol. The van der Waals surface area contributed by atoms with Gasteiger partial charge in [-0.05, 0) is 30.9 Å². The van der Waals surface area contributed by atoms with Gasteiger partial charge in [0.1, 0.15) is 0 Å². The van der Waals surface area contributed by atoms with E-state index in [-0.39, 0.29) is 0 Å². The molecule has 80 valence electrons. The van der Waals surface area contributed by atoms with Gasteiger partial charge in [-0.1, -0.05) is 23.8 Å². The topological polar surface area (TPSA) is 40.5 Å². The molecule has 15 heavy (non-hydrogen) atoms. The standard InChI is InChI=1S/C12H15NO2/c1-9-2-3-10-4-6-13(12(14)15)7-5-11(10)8-9/h2-3,8H,4-7H2,1H3,(H,14,15). The molecule has 0 aromatic heterocycles. The zero-order chi connectivity index (χ0) is 10.8. The van der Waals surface area contributed by atoms with Crippen molar-refractivity contribution < 1.29 is 9.90 Å². The van der Waals surface area contributed by atoms with Crippen molar-refractivity contribution in [3.8, 4) is 0 Å². The molecule has 1 aliphatic rings. The first kappa shape index (κ1) is 10.0. The highest BCUT2D eigenvalue weighted by Gasteiger charge is 2.16. The van der Waals surface area contributed by atoms with Crippen molar-refractivity contribution in [1.82, 2.24) is 4.90 Å². The van der Waals surface area contributed by atoms with Gasteiger partial charge in [-0.25, -0.2) is 4.79 Å². The fraction of sp³-hybridized carbons (Fsp3) is 0.417. The van der Waals surface area contributed by atoms with Crippen LogP contribution in [0.4, 0.5) is 4.79 Å². The lowest BCUT2D eigenvalue weighted by atomic mass is 10.0. The molecule has 1 N–H and O–H groups in total. The lowest BCUT2D eigenvalue weighted by Gasteiger charge is -2.14. The molecular weight excluding hydrogens is 190 g/mol. The molecule has 2 rings (SSSR count). The van der Waals surface area contributed by atoms with E-state index in [0.29, 0.717) is 13.1 Å². The smallest absolute Gasteiger partial charge is 0.407 e. The second-order valence-electron chi connectivity index (χ2n) is 4.04. The maximum absolute atomic E-state index is 10.9. The number of fused-ring (bicyclic) bond motifs is 1. The highest BCUT2D eigenvalue weighted by atomic mass is 16.4. The van der Waals surface area contributed by atoms with Crippen LogP contribution in [0.1, 0.15) is 16.7 Å². The molecule has 0 radical (unpaired) electrons. The van der Waals surface area contributed by atoms with Crippen LogP contribution in [0.5, 0.6) is 0 Å². The van der Waals surface area contributed by atoms with E-state index >= 15 is 0 Å². The van der Waals surface area contributed by atoms with E-state index in [2.05, 4.69) is 25.1 Å².